The molecule has 92 valence electrons. The zero-order valence-corrected chi connectivity index (χ0v) is 10.9. The summed E-state index contributed by atoms with van der Waals surface area (Å²) in [7, 11) is 0. The Bertz CT molecular complexity index is 262. The molecule has 0 aromatic heterocycles. The largest absolute Gasteiger partial charge is 0.444 e. The van der Waals surface area contributed by atoms with E-state index in [4.69, 9.17) is 4.74 Å². The van der Waals surface area contributed by atoms with E-state index in [2.05, 4.69) is 0 Å². The van der Waals surface area contributed by atoms with Crippen molar-refractivity contribution in [2.24, 2.45) is 0 Å². The Kier molecular flexibility index (Phi) is 4.65. The molecule has 1 atom stereocenters. The second kappa shape index (κ2) is 5.57. The summed E-state index contributed by atoms with van der Waals surface area (Å²) in [6.07, 6.45) is 1.40. The number of rotatable bonds is 1. The molecule has 1 aliphatic heterocycles. The van der Waals surface area contributed by atoms with Crippen LogP contribution < -0.4 is 0 Å². The lowest BCUT2D eigenvalue weighted by Gasteiger charge is -2.26. The van der Waals surface area contributed by atoms with E-state index >= 15 is 0 Å². The smallest absolute Gasteiger partial charge is 0.410 e. The van der Waals surface area contributed by atoms with Crippen LogP contribution in [0, 0.1) is 0 Å². The van der Waals surface area contributed by atoms with Crippen molar-refractivity contribution >= 4 is 24.1 Å². The molecule has 5 heteroatoms. The first-order valence-corrected chi connectivity index (χ1v) is 6.52. The summed E-state index contributed by atoms with van der Waals surface area (Å²) in [6, 6.07) is 0. The quantitative estimate of drug-likeness (QED) is 0.662. The number of ether oxygens (including phenoxy) is 1. The molecule has 0 saturated carbocycles. The number of hydrogen-bond donors (Lipinski definition) is 0. The van der Waals surface area contributed by atoms with E-state index < -0.39 is 5.60 Å². The Morgan fingerprint density at radius 3 is 2.69 bits per heavy atom. The van der Waals surface area contributed by atoms with Crippen molar-refractivity contribution in [1.82, 2.24) is 4.90 Å². The summed E-state index contributed by atoms with van der Waals surface area (Å²) < 4.78 is 5.29. The molecular formula is C11H19NO3S. The zero-order valence-electron chi connectivity index (χ0n) is 10.1. The molecule has 1 aliphatic rings. The van der Waals surface area contributed by atoms with E-state index in [-0.39, 0.29) is 11.3 Å². The van der Waals surface area contributed by atoms with Gasteiger partial charge in [0.15, 0.2) is 0 Å². The minimum absolute atomic E-state index is 0.0208. The normalized spacial score (nSPS) is 22.4. The number of aldehydes is 1. The van der Waals surface area contributed by atoms with Crippen LogP contribution in [0.15, 0.2) is 0 Å². The van der Waals surface area contributed by atoms with Gasteiger partial charge in [-0.3, -0.25) is 0 Å². The van der Waals surface area contributed by atoms with E-state index in [9.17, 15) is 9.59 Å². The Morgan fingerprint density at radius 1 is 1.44 bits per heavy atom. The highest BCUT2D eigenvalue weighted by atomic mass is 32.2. The van der Waals surface area contributed by atoms with Crippen molar-refractivity contribution < 1.29 is 14.3 Å². The van der Waals surface area contributed by atoms with Gasteiger partial charge in [-0.2, -0.15) is 0 Å². The van der Waals surface area contributed by atoms with E-state index in [1.807, 2.05) is 20.8 Å². The Labute approximate surface area is 101 Å². The molecule has 0 aromatic rings. The minimum atomic E-state index is -0.458. The summed E-state index contributed by atoms with van der Waals surface area (Å²) >= 11 is 1.61. The standard InChI is InChI=1S/C11H19NO3S/c1-11(2,3)15-10(14)12-5-4-9(8-13)16-7-6-12/h8-9H,4-7H2,1-3H3. The third kappa shape index (κ3) is 4.43. The fourth-order valence-corrected chi connectivity index (χ4v) is 2.39. The van der Waals surface area contributed by atoms with Crippen LogP contribution in [0.1, 0.15) is 27.2 Å². The van der Waals surface area contributed by atoms with Gasteiger partial charge in [-0.15, -0.1) is 11.8 Å². The third-order valence-corrected chi connectivity index (χ3v) is 3.37. The van der Waals surface area contributed by atoms with Gasteiger partial charge in [0.05, 0.1) is 5.25 Å². The van der Waals surface area contributed by atoms with Crippen LogP contribution in [0.5, 0.6) is 0 Å². The lowest BCUT2D eigenvalue weighted by atomic mass is 10.2. The average Bonchev–Trinajstić information content (AvgIpc) is 2.39. The maximum absolute atomic E-state index is 11.8. The van der Waals surface area contributed by atoms with Gasteiger partial charge in [-0.05, 0) is 27.2 Å². The topological polar surface area (TPSA) is 46.6 Å². The van der Waals surface area contributed by atoms with Gasteiger partial charge in [0.25, 0.3) is 0 Å². The van der Waals surface area contributed by atoms with Crippen LogP contribution in [0.3, 0.4) is 0 Å². The zero-order chi connectivity index (χ0) is 12.2. The molecule has 4 nitrogen and oxygen atoms in total. The van der Waals surface area contributed by atoms with Gasteiger partial charge >= 0.3 is 6.09 Å². The van der Waals surface area contributed by atoms with Gasteiger partial charge in [0, 0.05) is 18.8 Å². The molecular weight excluding hydrogens is 226 g/mol. The number of nitrogens with zero attached hydrogens (tertiary/aromatic N) is 1. The van der Waals surface area contributed by atoms with Crippen LogP contribution in [0.4, 0.5) is 4.79 Å². The van der Waals surface area contributed by atoms with Crippen LogP contribution >= 0.6 is 11.8 Å². The first kappa shape index (κ1) is 13.4. The summed E-state index contributed by atoms with van der Waals surface area (Å²) in [5.41, 5.74) is -0.458. The fourth-order valence-electron chi connectivity index (χ4n) is 1.41. The predicted molar refractivity (Wildman–Crippen MR) is 64.7 cm³/mol. The molecule has 1 heterocycles. The van der Waals surface area contributed by atoms with Crippen molar-refractivity contribution in [2.45, 2.75) is 38.0 Å². The highest BCUT2D eigenvalue weighted by Crippen LogP contribution is 2.19. The van der Waals surface area contributed by atoms with E-state index in [0.717, 1.165) is 12.0 Å². The van der Waals surface area contributed by atoms with Crippen molar-refractivity contribution in [2.75, 3.05) is 18.8 Å². The second-order valence-corrected chi connectivity index (χ2v) is 6.15. The first-order valence-electron chi connectivity index (χ1n) is 5.47. The van der Waals surface area contributed by atoms with Crippen molar-refractivity contribution in [3.05, 3.63) is 0 Å². The summed E-state index contributed by atoms with van der Waals surface area (Å²) in [6.45, 7) is 6.82. The number of carbonyl (C=O) groups is 2. The average molecular weight is 245 g/mol. The van der Waals surface area contributed by atoms with Gasteiger partial charge in [-0.25, -0.2) is 4.79 Å². The molecule has 1 saturated heterocycles. The Hall–Kier alpha value is -0.710. The lowest BCUT2D eigenvalue weighted by Crippen LogP contribution is -2.38. The minimum Gasteiger partial charge on any atom is -0.444 e. The molecule has 0 bridgehead atoms. The van der Waals surface area contributed by atoms with Gasteiger partial charge in [0.1, 0.15) is 11.9 Å². The second-order valence-electron chi connectivity index (χ2n) is 4.80. The Morgan fingerprint density at radius 2 is 2.12 bits per heavy atom. The van der Waals surface area contributed by atoms with E-state index in [1.54, 1.807) is 16.7 Å². The molecule has 1 rings (SSSR count). The number of thioether (sulfide) groups is 1. The van der Waals surface area contributed by atoms with Crippen molar-refractivity contribution in [3.63, 3.8) is 0 Å². The molecule has 1 amide bonds. The lowest BCUT2D eigenvalue weighted by molar-refractivity contribution is -0.107. The predicted octanol–water partition coefficient (Wildman–Crippen LogP) is 1.93. The number of amides is 1. The Balaban J connectivity index is 2.48. The summed E-state index contributed by atoms with van der Waals surface area (Å²) in [5.74, 6) is 0.794. The van der Waals surface area contributed by atoms with Crippen LogP contribution in [-0.2, 0) is 9.53 Å². The molecule has 0 aliphatic carbocycles. The van der Waals surface area contributed by atoms with E-state index in [1.165, 1.54) is 0 Å². The maximum Gasteiger partial charge on any atom is 0.410 e. The monoisotopic (exact) mass is 245 g/mol. The maximum atomic E-state index is 11.8. The van der Waals surface area contributed by atoms with Crippen molar-refractivity contribution in [3.8, 4) is 0 Å². The fraction of sp³-hybridized carbons (Fsp3) is 0.818. The highest BCUT2D eigenvalue weighted by molar-refractivity contribution is 8.00. The number of hydrogen-bond acceptors (Lipinski definition) is 4. The summed E-state index contributed by atoms with van der Waals surface area (Å²) in [5, 5.41) is 0.0208. The third-order valence-electron chi connectivity index (χ3n) is 2.18. The molecule has 0 N–H and O–H groups in total. The van der Waals surface area contributed by atoms with Gasteiger partial charge in [0.2, 0.25) is 0 Å². The molecule has 0 radical (unpaired) electrons. The van der Waals surface area contributed by atoms with Crippen molar-refractivity contribution in [1.29, 1.82) is 0 Å². The SMILES string of the molecule is CC(C)(C)OC(=O)N1CCSC(C=O)CC1. The molecule has 1 fully saturated rings. The molecule has 16 heavy (non-hydrogen) atoms. The van der Waals surface area contributed by atoms with Gasteiger partial charge in [-0.1, -0.05) is 0 Å². The van der Waals surface area contributed by atoms with Gasteiger partial charge < -0.3 is 14.4 Å². The molecule has 0 spiro atoms. The van der Waals surface area contributed by atoms with Crippen LogP contribution in [-0.4, -0.2) is 47.0 Å². The van der Waals surface area contributed by atoms with E-state index in [0.29, 0.717) is 19.5 Å². The summed E-state index contributed by atoms with van der Waals surface area (Å²) in [4.78, 5) is 24.1. The highest BCUT2D eigenvalue weighted by Gasteiger charge is 2.25. The number of carbonyl (C=O) groups excluding carboxylic acids is 2. The molecule has 1 unspecified atom stereocenters. The molecule has 0 aromatic carbocycles. The van der Waals surface area contributed by atoms with Crippen LogP contribution in [0.25, 0.3) is 0 Å². The van der Waals surface area contributed by atoms with Crippen LogP contribution in [0.2, 0.25) is 0 Å². The first-order chi connectivity index (χ1) is 7.42.